The van der Waals surface area contributed by atoms with E-state index < -0.39 is 6.10 Å². The van der Waals surface area contributed by atoms with Gasteiger partial charge in [-0.15, -0.1) is 0 Å². The fraction of sp³-hybridized carbons (Fsp3) is 0.917. The first kappa shape index (κ1) is 14.4. The molecule has 0 aliphatic carbocycles. The van der Waals surface area contributed by atoms with Gasteiger partial charge in [0.15, 0.2) is 0 Å². The maximum absolute atomic E-state index is 11.2. The lowest BCUT2D eigenvalue weighted by molar-refractivity contribution is -0.145. The molecule has 0 bridgehead atoms. The van der Waals surface area contributed by atoms with Crippen LogP contribution in [0.25, 0.3) is 0 Å². The predicted molar refractivity (Wildman–Crippen MR) is 63.5 cm³/mol. The van der Waals surface area contributed by atoms with Gasteiger partial charge in [0.1, 0.15) is 0 Å². The fourth-order valence-corrected chi connectivity index (χ4v) is 2.13. The largest absolute Gasteiger partial charge is 0.466 e. The maximum atomic E-state index is 11.2. The van der Waals surface area contributed by atoms with E-state index in [-0.39, 0.29) is 19.0 Å². The van der Waals surface area contributed by atoms with Crippen molar-refractivity contribution in [3.8, 4) is 0 Å². The summed E-state index contributed by atoms with van der Waals surface area (Å²) in [5.74, 6) is 0.0543. The van der Waals surface area contributed by atoms with Crippen molar-refractivity contribution in [3.05, 3.63) is 0 Å². The Kier molecular flexibility index (Phi) is 6.47. The minimum atomic E-state index is -0.653. The Morgan fingerprint density at radius 2 is 2.12 bits per heavy atom. The van der Waals surface area contributed by atoms with Gasteiger partial charge in [0, 0.05) is 13.2 Å². The maximum Gasteiger partial charge on any atom is 0.308 e. The highest BCUT2D eigenvalue weighted by Crippen LogP contribution is 2.16. The number of rotatable bonds is 6. The molecule has 1 aliphatic heterocycles. The van der Waals surface area contributed by atoms with Gasteiger partial charge in [-0.1, -0.05) is 0 Å². The molecule has 1 unspecified atom stereocenters. The smallest absolute Gasteiger partial charge is 0.308 e. The summed E-state index contributed by atoms with van der Waals surface area (Å²) in [6.07, 6.45) is 1.33. The Hall–Kier alpha value is -0.650. The molecule has 2 N–H and O–H groups in total. The summed E-state index contributed by atoms with van der Waals surface area (Å²) in [6, 6.07) is 0. The molecule has 0 amide bonds. The second-order valence-electron chi connectivity index (χ2n) is 4.59. The second-order valence-corrected chi connectivity index (χ2v) is 4.59. The number of hydrogen-bond acceptors (Lipinski definition) is 5. The molecule has 0 aromatic heterocycles. The topological polar surface area (TPSA) is 70.0 Å². The van der Waals surface area contributed by atoms with Crippen LogP contribution in [0.1, 0.15) is 26.2 Å². The van der Waals surface area contributed by atoms with Gasteiger partial charge in [0.05, 0.1) is 19.1 Å². The molecular formula is C12H23NO4. The van der Waals surface area contributed by atoms with Gasteiger partial charge >= 0.3 is 5.97 Å². The van der Waals surface area contributed by atoms with Gasteiger partial charge in [0.2, 0.25) is 0 Å². The van der Waals surface area contributed by atoms with Crippen molar-refractivity contribution < 1.29 is 19.7 Å². The van der Waals surface area contributed by atoms with E-state index in [0.717, 1.165) is 25.9 Å². The molecule has 5 heteroatoms. The van der Waals surface area contributed by atoms with Gasteiger partial charge < -0.3 is 19.8 Å². The van der Waals surface area contributed by atoms with Crippen molar-refractivity contribution in [2.75, 3.05) is 32.8 Å². The van der Waals surface area contributed by atoms with Crippen molar-refractivity contribution in [2.45, 2.75) is 32.3 Å². The highest BCUT2D eigenvalue weighted by molar-refractivity contribution is 5.69. The normalized spacial score (nSPS) is 20.2. The first-order valence-electron chi connectivity index (χ1n) is 6.32. The third-order valence-corrected chi connectivity index (χ3v) is 3.14. The molecule has 17 heavy (non-hydrogen) atoms. The minimum Gasteiger partial charge on any atom is -0.466 e. The number of piperidine rings is 1. The molecule has 0 aromatic rings. The van der Waals surface area contributed by atoms with Crippen molar-refractivity contribution >= 4 is 5.97 Å². The van der Waals surface area contributed by atoms with Crippen LogP contribution in [0.5, 0.6) is 0 Å². The SMILES string of the molecule is CCOC(=O)CC(O)CN1CCC(CO)CC1. The lowest BCUT2D eigenvalue weighted by Gasteiger charge is -2.32. The van der Waals surface area contributed by atoms with Crippen LogP contribution in [0.15, 0.2) is 0 Å². The summed E-state index contributed by atoms with van der Waals surface area (Å²) >= 11 is 0. The van der Waals surface area contributed by atoms with Crippen LogP contribution in [0.3, 0.4) is 0 Å². The molecule has 1 atom stereocenters. The van der Waals surface area contributed by atoms with Gasteiger partial charge in [0.25, 0.3) is 0 Å². The predicted octanol–water partition coefficient (Wildman–Crippen LogP) is 0.00480. The van der Waals surface area contributed by atoms with E-state index in [0.29, 0.717) is 19.1 Å². The Bertz CT molecular complexity index is 227. The van der Waals surface area contributed by atoms with E-state index in [1.54, 1.807) is 6.92 Å². The molecule has 0 radical (unpaired) electrons. The van der Waals surface area contributed by atoms with Crippen molar-refractivity contribution in [3.63, 3.8) is 0 Å². The molecule has 5 nitrogen and oxygen atoms in total. The van der Waals surface area contributed by atoms with Crippen molar-refractivity contribution in [1.29, 1.82) is 0 Å². The minimum absolute atomic E-state index is 0.0633. The van der Waals surface area contributed by atoms with E-state index in [9.17, 15) is 9.90 Å². The van der Waals surface area contributed by atoms with Crippen LogP contribution < -0.4 is 0 Å². The summed E-state index contributed by atoms with van der Waals surface area (Å²) in [5, 5.41) is 18.7. The Balaban J connectivity index is 2.18. The van der Waals surface area contributed by atoms with E-state index in [1.807, 2.05) is 0 Å². The molecule has 100 valence electrons. The molecule has 1 aliphatic rings. The van der Waals surface area contributed by atoms with Gasteiger partial charge in [-0.25, -0.2) is 0 Å². The van der Waals surface area contributed by atoms with Crippen molar-refractivity contribution in [2.24, 2.45) is 5.92 Å². The first-order valence-corrected chi connectivity index (χ1v) is 6.32. The number of β-amino-alcohol motifs (C(OH)–C–C–N with tert-alkyl or cyclic N) is 1. The van der Waals surface area contributed by atoms with Crippen LogP contribution >= 0.6 is 0 Å². The average molecular weight is 245 g/mol. The van der Waals surface area contributed by atoms with Crippen LogP contribution in [0, 0.1) is 5.92 Å². The second kappa shape index (κ2) is 7.63. The number of hydrogen-bond donors (Lipinski definition) is 2. The number of likely N-dealkylation sites (tertiary alicyclic amines) is 1. The summed E-state index contributed by atoms with van der Waals surface area (Å²) in [4.78, 5) is 13.3. The molecule has 1 rings (SSSR count). The average Bonchev–Trinajstić information content (AvgIpc) is 2.30. The van der Waals surface area contributed by atoms with E-state index in [1.165, 1.54) is 0 Å². The van der Waals surface area contributed by atoms with Crippen molar-refractivity contribution in [1.82, 2.24) is 4.90 Å². The lowest BCUT2D eigenvalue weighted by Crippen LogP contribution is -2.40. The standard InChI is InChI=1S/C12H23NO4/c1-2-17-12(16)7-11(15)8-13-5-3-10(9-14)4-6-13/h10-11,14-15H,2-9H2,1H3. The van der Waals surface area contributed by atoms with E-state index in [2.05, 4.69) is 4.90 Å². The zero-order valence-electron chi connectivity index (χ0n) is 10.5. The van der Waals surface area contributed by atoms with Gasteiger partial charge in [-0.05, 0) is 38.8 Å². The summed E-state index contributed by atoms with van der Waals surface area (Å²) in [5.41, 5.74) is 0. The van der Waals surface area contributed by atoms with Gasteiger partial charge in [-0.2, -0.15) is 0 Å². The van der Waals surface area contributed by atoms with Crippen LogP contribution in [0.2, 0.25) is 0 Å². The van der Waals surface area contributed by atoms with E-state index in [4.69, 9.17) is 9.84 Å². The molecule has 0 aromatic carbocycles. The summed E-state index contributed by atoms with van der Waals surface area (Å²) in [6.45, 7) is 4.63. The number of nitrogens with zero attached hydrogens (tertiary/aromatic N) is 1. The number of aliphatic hydroxyl groups is 2. The summed E-state index contributed by atoms with van der Waals surface area (Å²) < 4.78 is 4.79. The number of aliphatic hydroxyl groups excluding tert-OH is 2. The molecule has 1 fully saturated rings. The van der Waals surface area contributed by atoms with E-state index >= 15 is 0 Å². The molecule has 1 saturated heterocycles. The van der Waals surface area contributed by atoms with Crippen LogP contribution in [-0.2, 0) is 9.53 Å². The molecule has 0 spiro atoms. The number of ether oxygens (including phenoxy) is 1. The zero-order valence-corrected chi connectivity index (χ0v) is 10.5. The zero-order chi connectivity index (χ0) is 12.7. The van der Waals surface area contributed by atoms with Crippen LogP contribution in [-0.4, -0.2) is 60.0 Å². The Morgan fingerprint density at radius 1 is 1.47 bits per heavy atom. The third-order valence-electron chi connectivity index (χ3n) is 3.14. The molecule has 1 heterocycles. The number of carbonyl (C=O) groups excluding carboxylic acids is 1. The monoisotopic (exact) mass is 245 g/mol. The quantitative estimate of drug-likeness (QED) is 0.645. The Morgan fingerprint density at radius 3 is 2.65 bits per heavy atom. The highest BCUT2D eigenvalue weighted by atomic mass is 16.5. The molecular weight excluding hydrogens is 222 g/mol. The Labute approximate surface area is 102 Å². The number of carbonyl (C=O) groups is 1. The highest BCUT2D eigenvalue weighted by Gasteiger charge is 2.21. The van der Waals surface area contributed by atoms with Gasteiger partial charge in [-0.3, -0.25) is 4.79 Å². The lowest BCUT2D eigenvalue weighted by atomic mass is 9.97. The third kappa shape index (κ3) is 5.48. The first-order chi connectivity index (χ1) is 8.15. The molecule has 0 saturated carbocycles. The fourth-order valence-electron chi connectivity index (χ4n) is 2.13. The summed E-state index contributed by atoms with van der Waals surface area (Å²) in [7, 11) is 0. The van der Waals surface area contributed by atoms with Crippen LogP contribution in [0.4, 0.5) is 0 Å². The number of esters is 1.